The van der Waals surface area contributed by atoms with Crippen LogP contribution in [0.15, 0.2) is 45.5 Å². The van der Waals surface area contributed by atoms with Gasteiger partial charge in [0, 0.05) is 34.8 Å². The van der Waals surface area contributed by atoms with E-state index in [0.717, 1.165) is 40.1 Å². The van der Waals surface area contributed by atoms with E-state index in [2.05, 4.69) is 71.3 Å². The number of halogens is 2. The molecule has 1 aromatic carbocycles. The second kappa shape index (κ2) is 6.79. The Morgan fingerprint density at radius 2 is 1.90 bits per heavy atom. The van der Waals surface area contributed by atoms with Crippen LogP contribution in [-0.2, 0) is 6.54 Å². The zero-order valence-corrected chi connectivity index (χ0v) is 14.8. The Hall–Kier alpha value is -1.07. The molecule has 1 aromatic heterocycles. The Labute approximate surface area is 142 Å². The summed E-state index contributed by atoms with van der Waals surface area (Å²) in [6, 6.07) is 10.4. The van der Waals surface area contributed by atoms with Crippen LogP contribution < -0.4 is 10.2 Å². The summed E-state index contributed by atoms with van der Waals surface area (Å²) in [5, 5.41) is 3.51. The molecule has 2 aromatic rings. The number of nitrogens with one attached hydrogen (secondary N) is 1. The van der Waals surface area contributed by atoms with Crippen LogP contribution in [0, 0.1) is 0 Å². The van der Waals surface area contributed by atoms with E-state index in [-0.39, 0.29) is 0 Å². The smallest absolute Gasteiger partial charge is 0.151 e. The van der Waals surface area contributed by atoms with Crippen molar-refractivity contribution in [3.05, 3.63) is 51.0 Å². The molecule has 0 unspecified atom stereocenters. The summed E-state index contributed by atoms with van der Waals surface area (Å²) in [5.41, 5.74) is 2.35. The van der Waals surface area contributed by atoms with Crippen LogP contribution in [0.25, 0.3) is 0 Å². The molecule has 3 rings (SSSR count). The maximum absolute atomic E-state index is 4.55. The first kappa shape index (κ1) is 14.9. The van der Waals surface area contributed by atoms with E-state index in [1.807, 2.05) is 12.3 Å². The molecule has 2 heterocycles. The van der Waals surface area contributed by atoms with Crippen molar-refractivity contribution in [3.63, 3.8) is 0 Å². The zero-order valence-electron chi connectivity index (χ0n) is 11.6. The normalized spacial score (nSPS) is 14.5. The maximum atomic E-state index is 4.55. The third-order valence-corrected chi connectivity index (χ3v) is 5.54. The van der Waals surface area contributed by atoms with E-state index in [0.29, 0.717) is 0 Å². The molecule has 3 nitrogen and oxygen atoms in total. The first-order valence-corrected chi connectivity index (χ1v) is 8.70. The highest BCUT2D eigenvalue weighted by atomic mass is 79.9. The molecule has 0 radical (unpaired) electrons. The van der Waals surface area contributed by atoms with E-state index in [4.69, 9.17) is 0 Å². The number of anilines is 2. The number of hydrogen-bond acceptors (Lipinski definition) is 3. The van der Waals surface area contributed by atoms with Gasteiger partial charge in [-0.1, -0.05) is 6.07 Å². The molecule has 1 aliphatic heterocycles. The van der Waals surface area contributed by atoms with E-state index in [1.165, 1.54) is 18.4 Å². The molecule has 0 atom stereocenters. The van der Waals surface area contributed by atoms with Crippen molar-refractivity contribution in [3.8, 4) is 0 Å². The fourth-order valence-electron chi connectivity index (χ4n) is 2.56. The van der Waals surface area contributed by atoms with Gasteiger partial charge in [-0.25, -0.2) is 4.98 Å². The summed E-state index contributed by atoms with van der Waals surface area (Å²) < 4.78 is 2.15. The second-order valence-electron chi connectivity index (χ2n) is 5.17. The Bertz CT molecular complexity index is 625. The molecular weight excluding hydrogens is 394 g/mol. The topological polar surface area (TPSA) is 28.2 Å². The number of benzene rings is 1. The van der Waals surface area contributed by atoms with Gasteiger partial charge < -0.3 is 10.2 Å². The molecule has 0 aliphatic carbocycles. The first-order chi connectivity index (χ1) is 10.2. The predicted molar refractivity (Wildman–Crippen MR) is 94.9 cm³/mol. The lowest BCUT2D eigenvalue weighted by Crippen LogP contribution is -2.20. The van der Waals surface area contributed by atoms with Gasteiger partial charge in [0.1, 0.15) is 0 Å². The SMILES string of the molecule is Brc1ccc(CNc2cccnc2N2CCCC2)cc1Br. The van der Waals surface area contributed by atoms with E-state index in [9.17, 15) is 0 Å². The summed E-state index contributed by atoms with van der Waals surface area (Å²) in [6.45, 7) is 3.00. The van der Waals surface area contributed by atoms with Crippen molar-refractivity contribution in [2.45, 2.75) is 19.4 Å². The van der Waals surface area contributed by atoms with Crippen LogP contribution in [0.4, 0.5) is 11.5 Å². The molecule has 0 bridgehead atoms. The Morgan fingerprint density at radius 1 is 1.10 bits per heavy atom. The summed E-state index contributed by atoms with van der Waals surface area (Å²) in [6.07, 6.45) is 4.39. The Kier molecular flexibility index (Phi) is 4.80. The van der Waals surface area contributed by atoms with Gasteiger partial charge in [-0.05, 0) is 74.5 Å². The monoisotopic (exact) mass is 409 g/mol. The molecule has 0 amide bonds. The van der Waals surface area contributed by atoms with Crippen LogP contribution in [0.5, 0.6) is 0 Å². The molecule has 1 aliphatic rings. The lowest BCUT2D eigenvalue weighted by molar-refractivity contribution is 0.934. The van der Waals surface area contributed by atoms with Crippen LogP contribution in [0.1, 0.15) is 18.4 Å². The van der Waals surface area contributed by atoms with Gasteiger partial charge in [-0.3, -0.25) is 0 Å². The second-order valence-corrected chi connectivity index (χ2v) is 6.88. The maximum Gasteiger partial charge on any atom is 0.151 e. The number of pyridine rings is 1. The van der Waals surface area contributed by atoms with Crippen LogP contribution in [0.2, 0.25) is 0 Å². The quantitative estimate of drug-likeness (QED) is 0.783. The molecule has 1 saturated heterocycles. The van der Waals surface area contributed by atoms with Gasteiger partial charge >= 0.3 is 0 Å². The van der Waals surface area contributed by atoms with Crippen LogP contribution >= 0.6 is 31.9 Å². The number of nitrogens with zero attached hydrogens (tertiary/aromatic N) is 2. The minimum absolute atomic E-state index is 0.790. The number of aromatic nitrogens is 1. The fourth-order valence-corrected chi connectivity index (χ4v) is 3.24. The zero-order chi connectivity index (χ0) is 14.7. The molecule has 0 saturated carbocycles. The molecule has 110 valence electrons. The van der Waals surface area contributed by atoms with Crippen molar-refractivity contribution in [1.29, 1.82) is 0 Å². The van der Waals surface area contributed by atoms with Gasteiger partial charge in [-0.2, -0.15) is 0 Å². The van der Waals surface area contributed by atoms with Gasteiger partial charge in [-0.15, -0.1) is 0 Å². The van der Waals surface area contributed by atoms with Gasteiger partial charge in [0.2, 0.25) is 0 Å². The average molecular weight is 411 g/mol. The molecule has 21 heavy (non-hydrogen) atoms. The highest BCUT2D eigenvalue weighted by Gasteiger charge is 2.16. The average Bonchev–Trinajstić information content (AvgIpc) is 3.03. The highest BCUT2D eigenvalue weighted by Crippen LogP contribution is 2.28. The Morgan fingerprint density at radius 3 is 2.67 bits per heavy atom. The van der Waals surface area contributed by atoms with Crippen molar-refractivity contribution in [2.75, 3.05) is 23.3 Å². The largest absolute Gasteiger partial charge is 0.378 e. The summed E-state index contributed by atoms with van der Waals surface area (Å²) in [5.74, 6) is 1.08. The van der Waals surface area contributed by atoms with Crippen molar-refractivity contribution in [1.82, 2.24) is 4.98 Å². The van der Waals surface area contributed by atoms with E-state index >= 15 is 0 Å². The predicted octanol–water partition coefficient (Wildman–Crippen LogP) is 4.82. The van der Waals surface area contributed by atoms with Crippen molar-refractivity contribution in [2.24, 2.45) is 0 Å². The summed E-state index contributed by atoms with van der Waals surface area (Å²) in [7, 11) is 0. The van der Waals surface area contributed by atoms with Crippen LogP contribution in [-0.4, -0.2) is 18.1 Å². The van der Waals surface area contributed by atoms with Crippen LogP contribution in [0.3, 0.4) is 0 Å². The van der Waals surface area contributed by atoms with Gasteiger partial charge in [0.05, 0.1) is 5.69 Å². The lowest BCUT2D eigenvalue weighted by Gasteiger charge is -2.20. The minimum atomic E-state index is 0.790. The molecule has 5 heteroatoms. The minimum Gasteiger partial charge on any atom is -0.378 e. The lowest BCUT2D eigenvalue weighted by atomic mass is 10.2. The van der Waals surface area contributed by atoms with Crippen molar-refractivity contribution >= 4 is 43.4 Å². The van der Waals surface area contributed by atoms with E-state index in [1.54, 1.807) is 0 Å². The van der Waals surface area contributed by atoms with Gasteiger partial charge in [0.25, 0.3) is 0 Å². The fraction of sp³-hybridized carbons (Fsp3) is 0.312. The van der Waals surface area contributed by atoms with E-state index < -0.39 is 0 Å². The summed E-state index contributed by atoms with van der Waals surface area (Å²) in [4.78, 5) is 6.91. The molecular formula is C16H17Br2N3. The third-order valence-electron chi connectivity index (χ3n) is 3.66. The standard InChI is InChI=1S/C16H17Br2N3/c17-13-6-5-12(10-14(13)18)11-20-15-4-3-7-19-16(15)21-8-1-2-9-21/h3-7,10,20H,1-2,8-9,11H2. The summed E-state index contributed by atoms with van der Waals surface area (Å²) >= 11 is 7.04. The number of rotatable bonds is 4. The Balaban J connectivity index is 1.74. The van der Waals surface area contributed by atoms with Gasteiger partial charge in [0.15, 0.2) is 5.82 Å². The molecule has 0 spiro atoms. The molecule has 1 fully saturated rings. The number of hydrogen-bond donors (Lipinski definition) is 1. The first-order valence-electron chi connectivity index (χ1n) is 7.12. The third kappa shape index (κ3) is 3.58. The van der Waals surface area contributed by atoms with Crippen molar-refractivity contribution < 1.29 is 0 Å². The molecule has 1 N–H and O–H groups in total. The highest BCUT2D eigenvalue weighted by molar-refractivity contribution is 9.13.